The average molecular weight is 1470 g/mol. The third-order valence-electron chi connectivity index (χ3n) is 13.1. The minimum atomic E-state index is -5.02. The molecule has 3 amide bonds. The lowest BCUT2D eigenvalue weighted by Crippen LogP contribution is -2.27. The van der Waals surface area contributed by atoms with Gasteiger partial charge >= 0.3 is 49.3 Å². The minimum absolute atomic E-state index is 0.134. The standard InChI is InChI=1S/C25H19F3N4O5.C18H13BrF3N3O4.C10H10F3NO3.C9H8F3NO3/c1-31(17-7-8-21(37-25(26,27)28)18(12-17)24(35)36-2)23(34)16-9-10-32-20(11-16)19(13-30-32)14-3-5-15(6-4-14)22(29)33;1-24(16(26)10-5-6-25-14(7-10)13(19)9-23-25)11-3-4-15(29-18(20,21)22)12(8-11)17(27)28-2;1-14-6-3-4-8(17-10(11,12)13)7(5-6)9(15)16-2;1-15-8(14)6-4-5(13)2-3-7(6)16-9(10,11)12/h3-13H,1-2H3,(H2,29,33);3-9H,1-2H3;3-5,14H,1-2H3;2-4H,13H2,1H3. The van der Waals surface area contributed by atoms with Crippen molar-refractivity contribution in [2.24, 2.45) is 5.73 Å². The van der Waals surface area contributed by atoms with Crippen molar-refractivity contribution in [2.45, 2.75) is 25.4 Å². The van der Waals surface area contributed by atoms with Crippen LogP contribution in [0.15, 0.2) is 151 Å². The SMILES string of the molecule is CNc1ccc(OC(F)(F)F)c(C(=O)OC)c1.COC(=O)c1cc(N(C)C(=O)c2ccn3ncc(-c4ccc(C(N)=O)cc4)c3c2)ccc1OC(F)(F)F.COC(=O)c1cc(N(C)C(=O)c2ccn3ncc(Br)c3c2)ccc1OC(F)(F)F.COC(=O)c1cc(N)ccc1OC(F)(F)F. The first-order valence-electron chi connectivity index (χ1n) is 27.2. The molecule has 24 nitrogen and oxygen atoms in total. The molecule has 99 heavy (non-hydrogen) atoms. The summed E-state index contributed by atoms with van der Waals surface area (Å²) in [4.78, 5) is 86.2. The molecule has 0 fully saturated rings. The number of benzene rings is 5. The molecule has 0 unspecified atom stereocenters. The van der Waals surface area contributed by atoms with Crippen LogP contribution < -0.4 is 45.5 Å². The Bertz CT molecular complexity index is 4470. The number of methoxy groups -OCH3 is 4. The average Bonchev–Trinajstić information content (AvgIpc) is 1.75. The van der Waals surface area contributed by atoms with E-state index in [4.69, 9.17) is 11.5 Å². The monoisotopic (exact) mass is 1470 g/mol. The number of nitrogens with one attached hydrogen (secondary N) is 1. The summed E-state index contributed by atoms with van der Waals surface area (Å²) in [5, 5.41) is 11.1. The number of fused-ring (bicyclic) bond motifs is 2. The molecule has 5 aromatic carbocycles. The number of halogens is 13. The van der Waals surface area contributed by atoms with Crippen LogP contribution in [0.4, 0.5) is 75.4 Å². The van der Waals surface area contributed by atoms with Gasteiger partial charge in [0.1, 0.15) is 45.3 Å². The maximum Gasteiger partial charge on any atom is 0.573 e. The third-order valence-corrected chi connectivity index (χ3v) is 13.7. The first kappa shape index (κ1) is 76.2. The maximum absolute atomic E-state index is 13.3. The number of pyridine rings is 2. The van der Waals surface area contributed by atoms with Crippen LogP contribution >= 0.6 is 15.9 Å². The molecule has 4 aromatic heterocycles. The van der Waals surface area contributed by atoms with Crippen molar-refractivity contribution >= 4 is 91.3 Å². The predicted molar refractivity (Wildman–Crippen MR) is 329 cm³/mol. The first-order valence-corrected chi connectivity index (χ1v) is 28.0. The van der Waals surface area contributed by atoms with E-state index in [0.29, 0.717) is 37.9 Å². The molecule has 0 bridgehead atoms. The number of anilines is 4. The van der Waals surface area contributed by atoms with E-state index < -0.39 is 101 Å². The molecule has 0 radical (unpaired) electrons. The number of hydrogen-bond donors (Lipinski definition) is 3. The van der Waals surface area contributed by atoms with E-state index in [1.165, 1.54) is 60.3 Å². The molecule has 0 atom stereocenters. The summed E-state index contributed by atoms with van der Waals surface area (Å²) >= 11 is 3.33. The largest absolute Gasteiger partial charge is 0.573 e. The van der Waals surface area contributed by atoms with Crippen molar-refractivity contribution in [3.63, 3.8) is 0 Å². The highest BCUT2D eigenvalue weighted by atomic mass is 79.9. The second kappa shape index (κ2) is 31.8. The van der Waals surface area contributed by atoms with Gasteiger partial charge < -0.3 is 64.5 Å². The van der Waals surface area contributed by atoms with Gasteiger partial charge in [0.25, 0.3) is 11.8 Å². The number of carbonyl (C=O) groups is 7. The number of carbonyl (C=O) groups excluding carboxylic acids is 7. The quantitative estimate of drug-likeness (QED) is 0.0372. The Kier molecular flexibility index (Phi) is 24.5. The lowest BCUT2D eigenvalue weighted by atomic mass is 10.0. The van der Waals surface area contributed by atoms with Crippen molar-refractivity contribution in [1.29, 1.82) is 0 Å². The molecule has 9 rings (SSSR count). The van der Waals surface area contributed by atoms with Crippen molar-refractivity contribution in [2.75, 3.05) is 70.4 Å². The van der Waals surface area contributed by atoms with Crippen LogP contribution in [0, 0.1) is 0 Å². The maximum atomic E-state index is 13.3. The molecule has 0 spiro atoms. The van der Waals surface area contributed by atoms with Gasteiger partial charge in [-0.05, 0) is 131 Å². The molecule has 0 aliphatic carbocycles. The molecule has 0 aliphatic rings. The summed E-state index contributed by atoms with van der Waals surface area (Å²) in [6.07, 6.45) is -13.4. The molecule has 37 heteroatoms. The molecule has 0 saturated heterocycles. The molecule has 0 aliphatic heterocycles. The second-order valence-electron chi connectivity index (χ2n) is 19.4. The molecule has 5 N–H and O–H groups in total. The lowest BCUT2D eigenvalue weighted by molar-refractivity contribution is -0.275. The lowest BCUT2D eigenvalue weighted by Gasteiger charge is -2.20. The number of nitrogens with zero attached hydrogens (tertiary/aromatic N) is 6. The fourth-order valence-corrected chi connectivity index (χ4v) is 8.86. The van der Waals surface area contributed by atoms with E-state index in [2.05, 4.69) is 69.3 Å². The van der Waals surface area contributed by atoms with E-state index in [1.807, 2.05) is 0 Å². The highest BCUT2D eigenvalue weighted by Gasteiger charge is 2.37. The van der Waals surface area contributed by atoms with Crippen LogP contribution in [0.1, 0.15) is 72.5 Å². The Morgan fingerprint density at radius 3 is 1.22 bits per heavy atom. The molecule has 0 saturated carbocycles. The highest BCUT2D eigenvalue weighted by molar-refractivity contribution is 9.10. The predicted octanol–water partition coefficient (Wildman–Crippen LogP) is 12.5. The number of hydrogen-bond acceptors (Lipinski definition) is 19. The second-order valence-corrected chi connectivity index (χ2v) is 20.3. The van der Waals surface area contributed by atoms with Crippen LogP contribution in [0.5, 0.6) is 23.0 Å². The number of ether oxygens (including phenoxy) is 8. The molecule has 524 valence electrons. The molecule has 4 heterocycles. The molecular weight excluding hydrogens is 1420 g/mol. The van der Waals surface area contributed by atoms with Gasteiger partial charge in [-0.3, -0.25) is 14.4 Å². The zero-order valence-electron chi connectivity index (χ0n) is 51.7. The topological polar surface area (TPSA) is 298 Å². The number of nitrogens with two attached hydrogens (primary N) is 2. The van der Waals surface area contributed by atoms with E-state index >= 15 is 0 Å². The number of nitrogen functional groups attached to an aromatic ring is 1. The van der Waals surface area contributed by atoms with Crippen LogP contribution in [-0.4, -0.2) is 136 Å². The number of rotatable bonds is 15. The summed E-state index contributed by atoms with van der Waals surface area (Å²) in [5.74, 6) is -8.17. The van der Waals surface area contributed by atoms with Gasteiger partial charge in [-0.1, -0.05) is 12.1 Å². The fraction of sp³-hybridized carbons (Fsp3) is 0.177. The van der Waals surface area contributed by atoms with Gasteiger partial charge in [0.15, 0.2) is 0 Å². The fourth-order valence-electron chi connectivity index (χ4n) is 8.47. The Balaban J connectivity index is 0.000000221. The number of aromatic nitrogens is 4. The summed E-state index contributed by atoms with van der Waals surface area (Å²) < 4.78 is 185. The van der Waals surface area contributed by atoms with Gasteiger partial charge in [0.2, 0.25) is 5.91 Å². The van der Waals surface area contributed by atoms with Gasteiger partial charge in [-0.15, -0.1) is 52.7 Å². The van der Waals surface area contributed by atoms with E-state index in [0.717, 1.165) is 76.5 Å². The first-order chi connectivity index (χ1) is 46.3. The molecule has 9 aromatic rings. The van der Waals surface area contributed by atoms with Gasteiger partial charge in [0, 0.05) is 78.5 Å². The van der Waals surface area contributed by atoms with E-state index in [1.54, 1.807) is 83.3 Å². The highest BCUT2D eigenvalue weighted by Crippen LogP contribution is 2.35. The summed E-state index contributed by atoms with van der Waals surface area (Å²) in [5.41, 5.74) is 13.5. The van der Waals surface area contributed by atoms with Gasteiger partial charge in [0.05, 0.1) is 56.3 Å². The van der Waals surface area contributed by atoms with Gasteiger partial charge in [-0.2, -0.15) is 10.2 Å². The van der Waals surface area contributed by atoms with Crippen molar-refractivity contribution in [1.82, 2.24) is 19.2 Å². The Labute approximate surface area is 558 Å². The Morgan fingerprint density at radius 1 is 0.465 bits per heavy atom. The van der Waals surface area contributed by atoms with Gasteiger partial charge in [-0.25, -0.2) is 28.2 Å². The zero-order valence-corrected chi connectivity index (χ0v) is 53.3. The van der Waals surface area contributed by atoms with Crippen LogP contribution in [0.3, 0.4) is 0 Å². The van der Waals surface area contributed by atoms with E-state index in [-0.39, 0.29) is 33.8 Å². The minimum Gasteiger partial charge on any atom is -0.465 e. The summed E-state index contributed by atoms with van der Waals surface area (Å²) in [7, 11) is 8.57. The smallest absolute Gasteiger partial charge is 0.465 e. The van der Waals surface area contributed by atoms with Crippen molar-refractivity contribution in [3.8, 4) is 34.1 Å². The van der Waals surface area contributed by atoms with Crippen LogP contribution in [0.2, 0.25) is 0 Å². The van der Waals surface area contributed by atoms with Crippen molar-refractivity contribution in [3.05, 3.63) is 190 Å². The Hall–Kier alpha value is -11.8. The normalized spacial score (nSPS) is 11.2. The van der Waals surface area contributed by atoms with E-state index in [9.17, 15) is 86.2 Å². The molecular formula is C62H50BrF12N9O15. The number of primary amides is 1. The zero-order chi connectivity index (χ0) is 73.6. The number of esters is 4. The number of amides is 3. The number of alkyl halides is 12. The van der Waals surface area contributed by atoms with Crippen LogP contribution in [-0.2, 0) is 18.9 Å². The summed E-state index contributed by atoms with van der Waals surface area (Å²) in [6, 6.07) is 26.2. The van der Waals surface area contributed by atoms with Crippen molar-refractivity contribution < 1.29 is 124 Å². The third kappa shape index (κ3) is 20.6. The van der Waals surface area contributed by atoms with Crippen LogP contribution in [0.25, 0.3) is 22.2 Å². The summed E-state index contributed by atoms with van der Waals surface area (Å²) in [6.45, 7) is 0. The Morgan fingerprint density at radius 2 is 0.828 bits per heavy atom.